The van der Waals surface area contributed by atoms with Crippen LogP contribution in [-0.2, 0) is 11.2 Å². The van der Waals surface area contributed by atoms with Crippen molar-refractivity contribution in [2.45, 2.75) is 13.3 Å². The van der Waals surface area contributed by atoms with E-state index in [4.69, 9.17) is 16.3 Å². The molecule has 2 heterocycles. The van der Waals surface area contributed by atoms with E-state index < -0.39 is 0 Å². The van der Waals surface area contributed by atoms with E-state index in [1.165, 1.54) is 0 Å². The van der Waals surface area contributed by atoms with E-state index >= 15 is 0 Å². The highest BCUT2D eigenvalue weighted by Gasteiger charge is 2.18. The normalized spacial score (nSPS) is 13.3. The molecule has 2 N–H and O–H groups in total. The number of aryl methyl sites for hydroxylation is 1. The maximum absolute atomic E-state index is 11.3. The molecule has 3 rings (SSSR count). The standard InChI is InChI=1S/C14H14ClN3O2S/c1-8-17-9(7-21-8)2-3-16-11-5-13-12(4-10(11)15)18-14(19)6-20-13/h4-5,7,16H,2-3,6H2,1H3,(H,18,19). The Hall–Kier alpha value is -1.79. The van der Waals surface area contributed by atoms with Crippen molar-refractivity contribution in [2.75, 3.05) is 23.8 Å². The zero-order valence-electron chi connectivity index (χ0n) is 11.4. The third-order valence-electron chi connectivity index (χ3n) is 3.07. The summed E-state index contributed by atoms with van der Waals surface area (Å²) in [6, 6.07) is 3.51. The first-order valence-corrected chi connectivity index (χ1v) is 7.78. The van der Waals surface area contributed by atoms with Gasteiger partial charge in [0.25, 0.3) is 5.91 Å². The van der Waals surface area contributed by atoms with Crippen LogP contribution in [-0.4, -0.2) is 24.0 Å². The maximum atomic E-state index is 11.3. The monoisotopic (exact) mass is 323 g/mol. The van der Waals surface area contributed by atoms with Crippen LogP contribution < -0.4 is 15.4 Å². The number of carbonyl (C=O) groups is 1. The van der Waals surface area contributed by atoms with Gasteiger partial charge in [-0.05, 0) is 13.0 Å². The van der Waals surface area contributed by atoms with Crippen LogP contribution in [0.2, 0.25) is 5.02 Å². The molecule has 5 nitrogen and oxygen atoms in total. The molecule has 0 atom stereocenters. The lowest BCUT2D eigenvalue weighted by atomic mass is 10.2. The van der Waals surface area contributed by atoms with Gasteiger partial charge in [0, 0.05) is 24.4 Å². The van der Waals surface area contributed by atoms with E-state index in [9.17, 15) is 4.79 Å². The fourth-order valence-corrected chi connectivity index (χ4v) is 2.96. The predicted molar refractivity (Wildman–Crippen MR) is 84.6 cm³/mol. The molecule has 2 aromatic rings. The molecule has 0 bridgehead atoms. The van der Waals surface area contributed by atoms with E-state index in [0.29, 0.717) is 16.5 Å². The summed E-state index contributed by atoms with van der Waals surface area (Å²) in [4.78, 5) is 15.7. The van der Waals surface area contributed by atoms with Crippen molar-refractivity contribution >= 4 is 40.2 Å². The summed E-state index contributed by atoms with van der Waals surface area (Å²) in [6.45, 7) is 2.76. The summed E-state index contributed by atoms with van der Waals surface area (Å²) in [7, 11) is 0. The lowest BCUT2D eigenvalue weighted by molar-refractivity contribution is -0.118. The summed E-state index contributed by atoms with van der Waals surface area (Å²) in [5.74, 6) is 0.462. The molecule has 21 heavy (non-hydrogen) atoms. The van der Waals surface area contributed by atoms with Crippen molar-refractivity contribution in [1.82, 2.24) is 4.98 Å². The Morgan fingerprint density at radius 1 is 1.52 bits per heavy atom. The molecule has 7 heteroatoms. The van der Waals surface area contributed by atoms with Gasteiger partial charge >= 0.3 is 0 Å². The molecule has 0 radical (unpaired) electrons. The molecule has 1 aromatic carbocycles. The second kappa shape index (κ2) is 5.91. The second-order valence-electron chi connectivity index (χ2n) is 4.70. The summed E-state index contributed by atoms with van der Waals surface area (Å²) >= 11 is 7.86. The number of ether oxygens (including phenoxy) is 1. The van der Waals surface area contributed by atoms with E-state index in [2.05, 4.69) is 21.0 Å². The van der Waals surface area contributed by atoms with Crippen LogP contribution in [0.3, 0.4) is 0 Å². The van der Waals surface area contributed by atoms with Gasteiger partial charge in [-0.3, -0.25) is 4.79 Å². The number of benzene rings is 1. The zero-order chi connectivity index (χ0) is 14.8. The van der Waals surface area contributed by atoms with E-state index in [-0.39, 0.29) is 12.5 Å². The van der Waals surface area contributed by atoms with Crippen LogP contribution >= 0.6 is 22.9 Å². The minimum atomic E-state index is -0.168. The van der Waals surface area contributed by atoms with Gasteiger partial charge in [-0.25, -0.2) is 4.98 Å². The zero-order valence-corrected chi connectivity index (χ0v) is 13.0. The van der Waals surface area contributed by atoms with Crippen LogP contribution in [0.15, 0.2) is 17.5 Å². The second-order valence-corrected chi connectivity index (χ2v) is 6.17. The largest absolute Gasteiger partial charge is 0.482 e. The highest BCUT2D eigenvalue weighted by atomic mass is 35.5. The molecule has 0 aliphatic carbocycles. The molecule has 1 aliphatic rings. The first kappa shape index (κ1) is 14.2. The number of nitrogens with one attached hydrogen (secondary N) is 2. The third-order valence-corrected chi connectivity index (χ3v) is 4.20. The molecule has 0 saturated carbocycles. The first-order valence-electron chi connectivity index (χ1n) is 6.53. The van der Waals surface area contributed by atoms with Crippen molar-refractivity contribution in [1.29, 1.82) is 0 Å². The predicted octanol–water partition coefficient (Wildman–Crippen LogP) is 3.09. The lowest BCUT2D eigenvalue weighted by Crippen LogP contribution is -2.25. The number of aromatic nitrogens is 1. The topological polar surface area (TPSA) is 63.2 Å². The minimum absolute atomic E-state index is 0.0339. The van der Waals surface area contributed by atoms with Gasteiger partial charge in [-0.1, -0.05) is 11.6 Å². The van der Waals surface area contributed by atoms with Gasteiger partial charge in [0.15, 0.2) is 6.61 Å². The molecule has 0 unspecified atom stereocenters. The van der Waals surface area contributed by atoms with Gasteiger partial charge in [-0.2, -0.15) is 0 Å². The van der Waals surface area contributed by atoms with Gasteiger partial charge in [0.2, 0.25) is 0 Å². The molecule has 110 valence electrons. The number of nitrogens with zero attached hydrogens (tertiary/aromatic N) is 1. The highest BCUT2D eigenvalue weighted by Crippen LogP contribution is 2.36. The average molecular weight is 324 g/mol. The molecule has 0 fully saturated rings. The van der Waals surface area contributed by atoms with Crippen LogP contribution in [0.4, 0.5) is 11.4 Å². The molecule has 0 saturated heterocycles. The number of carbonyl (C=O) groups excluding carboxylic acids is 1. The van der Waals surface area contributed by atoms with Crippen molar-refractivity contribution in [2.24, 2.45) is 0 Å². The molecule has 1 aliphatic heterocycles. The summed E-state index contributed by atoms with van der Waals surface area (Å²) in [5.41, 5.74) is 2.47. The number of thiazole rings is 1. The molecule has 1 amide bonds. The number of fused-ring (bicyclic) bond motifs is 1. The fourth-order valence-electron chi connectivity index (χ4n) is 2.08. The number of hydrogen-bond acceptors (Lipinski definition) is 5. The lowest BCUT2D eigenvalue weighted by Gasteiger charge is -2.19. The van der Waals surface area contributed by atoms with Gasteiger partial charge in [-0.15, -0.1) is 11.3 Å². The number of anilines is 2. The summed E-state index contributed by atoms with van der Waals surface area (Å²) in [6.07, 6.45) is 0.829. The van der Waals surface area contributed by atoms with Gasteiger partial charge < -0.3 is 15.4 Å². The van der Waals surface area contributed by atoms with Crippen LogP contribution in [0.1, 0.15) is 10.7 Å². The number of amides is 1. The van der Waals surface area contributed by atoms with Gasteiger partial charge in [0.1, 0.15) is 5.75 Å². The third kappa shape index (κ3) is 3.28. The number of rotatable bonds is 4. The Balaban J connectivity index is 1.67. The fraction of sp³-hybridized carbons (Fsp3) is 0.286. The summed E-state index contributed by atoms with van der Waals surface area (Å²) < 4.78 is 5.38. The van der Waals surface area contributed by atoms with E-state index in [0.717, 1.165) is 29.4 Å². The van der Waals surface area contributed by atoms with Crippen molar-refractivity contribution < 1.29 is 9.53 Å². The molecule has 0 spiro atoms. The molecule has 1 aromatic heterocycles. The average Bonchev–Trinajstić information content (AvgIpc) is 2.85. The quantitative estimate of drug-likeness (QED) is 0.907. The van der Waals surface area contributed by atoms with Crippen LogP contribution in [0, 0.1) is 6.92 Å². The Bertz CT molecular complexity index is 687. The Morgan fingerprint density at radius 3 is 3.14 bits per heavy atom. The molecular weight excluding hydrogens is 310 g/mol. The SMILES string of the molecule is Cc1nc(CCNc2cc3c(cc2Cl)NC(=O)CO3)cs1. The summed E-state index contributed by atoms with van der Waals surface area (Å²) in [5, 5.41) is 9.68. The first-order chi connectivity index (χ1) is 10.1. The number of hydrogen-bond donors (Lipinski definition) is 2. The molecular formula is C14H14ClN3O2S. The maximum Gasteiger partial charge on any atom is 0.262 e. The van der Waals surface area contributed by atoms with Crippen molar-refractivity contribution in [3.05, 3.63) is 33.2 Å². The van der Waals surface area contributed by atoms with Crippen LogP contribution in [0.5, 0.6) is 5.75 Å². The van der Waals surface area contributed by atoms with Crippen molar-refractivity contribution in [3.8, 4) is 5.75 Å². The Morgan fingerprint density at radius 2 is 2.38 bits per heavy atom. The van der Waals surface area contributed by atoms with Crippen LogP contribution in [0.25, 0.3) is 0 Å². The Kier molecular flexibility index (Phi) is 3.98. The van der Waals surface area contributed by atoms with Crippen molar-refractivity contribution in [3.63, 3.8) is 0 Å². The minimum Gasteiger partial charge on any atom is -0.482 e. The van der Waals surface area contributed by atoms with E-state index in [1.807, 2.05) is 13.0 Å². The van der Waals surface area contributed by atoms with Gasteiger partial charge in [0.05, 0.1) is 27.1 Å². The number of halogens is 1. The van der Waals surface area contributed by atoms with E-state index in [1.54, 1.807) is 17.4 Å². The highest BCUT2D eigenvalue weighted by molar-refractivity contribution is 7.09. The Labute approximate surface area is 131 Å². The smallest absolute Gasteiger partial charge is 0.262 e.